The van der Waals surface area contributed by atoms with E-state index in [0.29, 0.717) is 11.1 Å². The van der Waals surface area contributed by atoms with Crippen LogP contribution in [0.5, 0.6) is 0 Å². The fraction of sp³-hybridized carbons (Fsp3) is 0.267. The molecule has 1 atom stereocenters. The summed E-state index contributed by atoms with van der Waals surface area (Å²) in [5.41, 5.74) is 11.8. The lowest BCUT2D eigenvalue weighted by molar-refractivity contribution is 0.0600. The molecule has 0 aliphatic carbocycles. The van der Waals surface area contributed by atoms with Crippen LogP contribution < -0.4 is 10.6 Å². The summed E-state index contributed by atoms with van der Waals surface area (Å²) in [4.78, 5) is 13.5. The lowest BCUT2D eigenvalue weighted by atomic mass is 9.76. The zero-order valence-corrected chi connectivity index (χ0v) is 21.5. The third-order valence-electron chi connectivity index (χ3n) is 6.43. The van der Waals surface area contributed by atoms with Crippen LogP contribution in [-0.2, 0) is 21.3 Å². The maximum Gasteiger partial charge on any atom is 0.337 e. The van der Waals surface area contributed by atoms with Crippen molar-refractivity contribution in [2.24, 2.45) is 5.73 Å². The van der Waals surface area contributed by atoms with Gasteiger partial charge in [0.1, 0.15) is 6.73 Å². The standard InChI is InChI=1S/C20H23N.C10H12N2O3/c1-4-19-20(3,15-16-11-7-6-8-12-16)17-13-9-10-14-18(17)21(19)5-2;1-14-10(13)8-4-2-7(3-5-8)9(12)15-6-11/h4,6-14H,5,15H2,1-3H3;2-5,12H,6,11H2,1H3/b19-4-;. The molecule has 4 rings (SSSR count). The maximum absolute atomic E-state index is 11.1. The van der Waals surface area contributed by atoms with Crippen LogP contribution in [0.25, 0.3) is 0 Å². The van der Waals surface area contributed by atoms with Gasteiger partial charge in [-0.3, -0.25) is 11.1 Å². The summed E-state index contributed by atoms with van der Waals surface area (Å²) in [6.07, 6.45) is 3.33. The van der Waals surface area contributed by atoms with Gasteiger partial charge in [0.25, 0.3) is 0 Å². The van der Waals surface area contributed by atoms with Gasteiger partial charge in [0, 0.05) is 28.9 Å². The van der Waals surface area contributed by atoms with Crippen molar-refractivity contribution in [2.75, 3.05) is 25.3 Å². The number of rotatable bonds is 6. The highest BCUT2D eigenvalue weighted by Gasteiger charge is 2.42. The second-order valence-electron chi connectivity index (χ2n) is 8.64. The molecule has 1 unspecified atom stereocenters. The van der Waals surface area contributed by atoms with Crippen molar-refractivity contribution in [1.82, 2.24) is 0 Å². The first-order chi connectivity index (χ1) is 17.4. The second kappa shape index (κ2) is 12.2. The zero-order chi connectivity index (χ0) is 26.1. The number of carbonyl (C=O) groups excluding carboxylic acids is 1. The zero-order valence-electron chi connectivity index (χ0n) is 21.5. The number of allylic oxidation sites excluding steroid dienone is 2. The summed E-state index contributed by atoms with van der Waals surface area (Å²) in [5, 5.41) is 7.43. The Hall–Kier alpha value is -3.90. The summed E-state index contributed by atoms with van der Waals surface area (Å²) >= 11 is 0. The van der Waals surface area contributed by atoms with Crippen molar-refractivity contribution in [3.8, 4) is 0 Å². The van der Waals surface area contributed by atoms with Gasteiger partial charge < -0.3 is 14.4 Å². The van der Waals surface area contributed by atoms with Crippen LogP contribution in [0.1, 0.15) is 47.8 Å². The molecule has 36 heavy (non-hydrogen) atoms. The first-order valence-electron chi connectivity index (χ1n) is 12.1. The SMILES string of the molecule is C/C=C1\N(CC)c2ccccc2C1(C)Cc1ccccc1.COC(=O)c1ccc(C(=N)OCN)cc1. The van der Waals surface area contributed by atoms with Crippen molar-refractivity contribution in [1.29, 1.82) is 5.41 Å². The number of fused-ring (bicyclic) bond motifs is 1. The number of nitrogens with one attached hydrogen (secondary N) is 1. The average molecular weight is 486 g/mol. The number of nitrogens with two attached hydrogens (primary N) is 1. The van der Waals surface area contributed by atoms with Gasteiger partial charge in [0.15, 0.2) is 0 Å². The van der Waals surface area contributed by atoms with Crippen LogP contribution in [0.3, 0.4) is 0 Å². The number of methoxy groups -OCH3 is 1. The first kappa shape index (κ1) is 26.7. The number of benzene rings is 3. The highest BCUT2D eigenvalue weighted by molar-refractivity contribution is 5.94. The van der Waals surface area contributed by atoms with Gasteiger partial charge in [-0.25, -0.2) is 4.79 Å². The Morgan fingerprint density at radius 3 is 2.19 bits per heavy atom. The number of hydrogen-bond donors (Lipinski definition) is 2. The summed E-state index contributed by atoms with van der Waals surface area (Å²) in [7, 11) is 1.32. The van der Waals surface area contributed by atoms with E-state index in [1.807, 2.05) is 0 Å². The van der Waals surface area contributed by atoms with Crippen molar-refractivity contribution in [3.63, 3.8) is 0 Å². The van der Waals surface area contributed by atoms with E-state index in [2.05, 4.69) is 91.1 Å². The Bertz CT molecular complexity index is 1210. The minimum atomic E-state index is -0.409. The second-order valence-corrected chi connectivity index (χ2v) is 8.64. The molecule has 188 valence electrons. The van der Waals surface area contributed by atoms with E-state index in [4.69, 9.17) is 15.9 Å². The van der Waals surface area contributed by atoms with Crippen molar-refractivity contribution in [3.05, 3.63) is 113 Å². The average Bonchev–Trinajstić information content (AvgIpc) is 3.16. The smallest absolute Gasteiger partial charge is 0.337 e. The van der Waals surface area contributed by atoms with E-state index < -0.39 is 5.97 Å². The Labute approximate surface area is 213 Å². The topological polar surface area (TPSA) is 88.6 Å². The van der Waals surface area contributed by atoms with E-state index in [0.717, 1.165) is 13.0 Å². The number of carbonyl (C=O) groups is 1. The largest absolute Gasteiger partial charge is 0.465 e. The molecule has 0 amide bonds. The van der Waals surface area contributed by atoms with E-state index >= 15 is 0 Å². The summed E-state index contributed by atoms with van der Waals surface area (Å²) in [6, 6.07) is 26.0. The quantitative estimate of drug-likeness (QED) is 0.203. The maximum atomic E-state index is 11.1. The molecular weight excluding hydrogens is 450 g/mol. The first-order valence-corrected chi connectivity index (χ1v) is 12.1. The lowest BCUT2D eigenvalue weighted by Gasteiger charge is -2.30. The fourth-order valence-corrected chi connectivity index (χ4v) is 4.79. The molecule has 0 bridgehead atoms. The van der Waals surface area contributed by atoms with E-state index in [9.17, 15) is 4.79 Å². The minimum Gasteiger partial charge on any atom is -0.465 e. The van der Waals surface area contributed by atoms with Crippen molar-refractivity contribution >= 4 is 17.6 Å². The molecule has 0 aromatic heterocycles. The molecule has 3 aromatic carbocycles. The van der Waals surface area contributed by atoms with Gasteiger partial charge >= 0.3 is 5.97 Å². The number of likely N-dealkylation sites (N-methyl/N-ethyl adjacent to an activating group) is 1. The van der Waals surface area contributed by atoms with Crippen molar-refractivity contribution in [2.45, 2.75) is 32.6 Å². The normalized spacial score (nSPS) is 17.1. The van der Waals surface area contributed by atoms with Gasteiger partial charge in [0.2, 0.25) is 5.90 Å². The van der Waals surface area contributed by atoms with Crippen LogP contribution >= 0.6 is 0 Å². The van der Waals surface area contributed by atoms with E-state index in [-0.39, 0.29) is 18.0 Å². The molecule has 1 aliphatic heterocycles. The number of hydrogen-bond acceptors (Lipinski definition) is 6. The van der Waals surface area contributed by atoms with Crippen LogP contribution in [0.4, 0.5) is 5.69 Å². The third-order valence-corrected chi connectivity index (χ3v) is 6.43. The summed E-state index contributed by atoms with van der Waals surface area (Å²) < 4.78 is 9.34. The molecule has 0 saturated carbocycles. The van der Waals surface area contributed by atoms with Crippen LogP contribution in [0, 0.1) is 5.41 Å². The predicted molar refractivity (Wildman–Crippen MR) is 145 cm³/mol. The fourth-order valence-electron chi connectivity index (χ4n) is 4.79. The van der Waals surface area contributed by atoms with Crippen molar-refractivity contribution < 1.29 is 14.3 Å². The van der Waals surface area contributed by atoms with Crippen LogP contribution in [0.2, 0.25) is 0 Å². The lowest BCUT2D eigenvalue weighted by Crippen LogP contribution is -2.30. The molecule has 0 spiro atoms. The molecule has 1 aliphatic rings. The molecule has 6 nitrogen and oxygen atoms in total. The Morgan fingerprint density at radius 1 is 1.00 bits per heavy atom. The predicted octanol–water partition coefficient (Wildman–Crippen LogP) is 5.66. The van der Waals surface area contributed by atoms with E-state index in [1.54, 1.807) is 24.3 Å². The summed E-state index contributed by atoms with van der Waals surface area (Å²) in [6.45, 7) is 7.74. The molecule has 6 heteroatoms. The van der Waals surface area contributed by atoms with Gasteiger partial charge in [-0.2, -0.15) is 0 Å². The molecule has 3 N–H and O–H groups in total. The molecule has 0 fully saturated rings. The van der Waals surface area contributed by atoms with E-state index in [1.165, 1.54) is 29.6 Å². The third kappa shape index (κ3) is 5.66. The molecule has 1 heterocycles. The Morgan fingerprint density at radius 2 is 1.61 bits per heavy atom. The van der Waals surface area contributed by atoms with Crippen LogP contribution in [-0.4, -0.2) is 32.3 Å². The highest BCUT2D eigenvalue weighted by Crippen LogP contribution is 2.49. The van der Waals surface area contributed by atoms with Gasteiger partial charge in [-0.05, 0) is 68.7 Å². The molecule has 0 saturated heterocycles. The number of nitrogens with zero attached hydrogens (tertiary/aromatic N) is 1. The van der Waals surface area contributed by atoms with Gasteiger partial charge in [-0.15, -0.1) is 0 Å². The Kier molecular flexibility index (Phi) is 9.03. The molecule has 0 radical (unpaired) electrons. The minimum absolute atomic E-state index is 0.0195. The molecule has 3 aromatic rings. The molecular formula is C30H35N3O3. The number of anilines is 1. The van der Waals surface area contributed by atoms with Crippen LogP contribution in [0.15, 0.2) is 90.6 Å². The summed E-state index contributed by atoms with van der Waals surface area (Å²) in [5.74, 6) is -0.429. The van der Waals surface area contributed by atoms with Gasteiger partial charge in [0.05, 0.1) is 12.7 Å². The highest BCUT2D eigenvalue weighted by atomic mass is 16.5. The monoisotopic (exact) mass is 485 g/mol. The number of ether oxygens (including phenoxy) is 2. The van der Waals surface area contributed by atoms with Gasteiger partial charge in [-0.1, -0.05) is 54.6 Å². The Balaban J connectivity index is 0.000000214. The number of esters is 1. The number of para-hydroxylation sites is 1.